The second-order valence-corrected chi connectivity index (χ2v) is 6.96. The third-order valence-corrected chi connectivity index (χ3v) is 3.89. The van der Waals surface area contributed by atoms with Crippen LogP contribution >= 0.6 is 15.9 Å². The first kappa shape index (κ1) is 16.0. The molecule has 0 saturated carbocycles. The Hall–Kier alpha value is -1.37. The summed E-state index contributed by atoms with van der Waals surface area (Å²) in [6.45, 7) is 6.95. The van der Waals surface area contributed by atoms with Gasteiger partial charge in [-0.15, -0.1) is 0 Å². The Bertz CT molecular complexity index is 522. The molecule has 0 aromatic carbocycles. The summed E-state index contributed by atoms with van der Waals surface area (Å²) >= 11 is 3.41. The maximum Gasteiger partial charge on any atom is 0.410 e. The molecule has 1 amide bonds. The third-order valence-electron chi connectivity index (χ3n) is 3.31. The van der Waals surface area contributed by atoms with E-state index in [1.54, 1.807) is 11.1 Å². The maximum absolute atomic E-state index is 12.0. The standard InChI is InChI=1S/C14H21BrN4O2/c1-14(2,3)21-13(20)19-6-4-9(5-7-19)11-12(15)18-10(16)8-17-11/h8-9H,4-7H2,1-3H3,(H2,16,18). The summed E-state index contributed by atoms with van der Waals surface area (Å²) in [7, 11) is 0. The van der Waals surface area contributed by atoms with E-state index in [0.717, 1.165) is 18.5 Å². The fourth-order valence-electron chi connectivity index (χ4n) is 2.32. The molecule has 0 unspecified atom stereocenters. The van der Waals surface area contributed by atoms with Gasteiger partial charge in [0.1, 0.15) is 16.0 Å². The van der Waals surface area contributed by atoms with Crippen LogP contribution in [0, 0.1) is 0 Å². The van der Waals surface area contributed by atoms with Gasteiger partial charge >= 0.3 is 6.09 Å². The lowest BCUT2D eigenvalue weighted by molar-refractivity contribution is 0.0204. The number of anilines is 1. The average Bonchev–Trinajstić information content (AvgIpc) is 2.37. The van der Waals surface area contributed by atoms with E-state index in [0.29, 0.717) is 23.5 Å². The number of carbonyl (C=O) groups is 1. The first-order valence-electron chi connectivity index (χ1n) is 7.02. The highest BCUT2D eigenvalue weighted by molar-refractivity contribution is 9.10. The third kappa shape index (κ3) is 4.30. The summed E-state index contributed by atoms with van der Waals surface area (Å²) in [6, 6.07) is 0. The van der Waals surface area contributed by atoms with Gasteiger partial charge in [0.15, 0.2) is 0 Å². The summed E-state index contributed by atoms with van der Waals surface area (Å²) in [5.74, 6) is 0.683. The molecular formula is C14H21BrN4O2. The van der Waals surface area contributed by atoms with Crippen molar-refractivity contribution < 1.29 is 9.53 Å². The molecule has 2 heterocycles. The second kappa shape index (κ2) is 6.17. The monoisotopic (exact) mass is 356 g/mol. The highest BCUT2D eigenvalue weighted by atomic mass is 79.9. The van der Waals surface area contributed by atoms with Crippen LogP contribution < -0.4 is 5.73 Å². The molecule has 0 spiro atoms. The molecule has 21 heavy (non-hydrogen) atoms. The van der Waals surface area contributed by atoms with Gasteiger partial charge in [-0.2, -0.15) is 0 Å². The average molecular weight is 357 g/mol. The molecule has 1 aromatic heterocycles. The number of ether oxygens (including phenoxy) is 1. The number of nitrogens with zero attached hydrogens (tertiary/aromatic N) is 3. The van der Waals surface area contributed by atoms with E-state index >= 15 is 0 Å². The van der Waals surface area contributed by atoms with E-state index in [9.17, 15) is 4.79 Å². The first-order valence-corrected chi connectivity index (χ1v) is 7.81. The van der Waals surface area contributed by atoms with Crippen LogP contribution in [0.25, 0.3) is 0 Å². The van der Waals surface area contributed by atoms with E-state index in [1.165, 1.54) is 0 Å². The Morgan fingerprint density at radius 1 is 1.43 bits per heavy atom. The molecule has 7 heteroatoms. The van der Waals surface area contributed by atoms with Gasteiger partial charge in [0.2, 0.25) is 0 Å². The van der Waals surface area contributed by atoms with Crippen LogP contribution in [0.5, 0.6) is 0 Å². The molecule has 1 saturated heterocycles. The fraction of sp³-hybridized carbons (Fsp3) is 0.643. The van der Waals surface area contributed by atoms with Crippen molar-refractivity contribution in [2.75, 3.05) is 18.8 Å². The lowest BCUT2D eigenvalue weighted by Crippen LogP contribution is -2.41. The number of likely N-dealkylation sites (tertiary alicyclic amines) is 1. The molecule has 2 N–H and O–H groups in total. The molecule has 2 rings (SSSR count). The van der Waals surface area contributed by atoms with Gasteiger partial charge in [-0.3, -0.25) is 4.98 Å². The van der Waals surface area contributed by atoms with Crippen molar-refractivity contribution in [1.82, 2.24) is 14.9 Å². The Morgan fingerprint density at radius 3 is 2.57 bits per heavy atom. The number of piperidine rings is 1. The van der Waals surface area contributed by atoms with Crippen LogP contribution in [0.4, 0.5) is 10.6 Å². The lowest BCUT2D eigenvalue weighted by Gasteiger charge is -2.33. The quantitative estimate of drug-likeness (QED) is 0.836. The normalized spacial score (nSPS) is 16.9. The summed E-state index contributed by atoms with van der Waals surface area (Å²) in [5, 5.41) is 0. The zero-order valence-corrected chi connectivity index (χ0v) is 14.2. The Kier molecular flexibility index (Phi) is 4.70. The molecule has 1 fully saturated rings. The Labute approximate surface area is 133 Å². The van der Waals surface area contributed by atoms with E-state index in [2.05, 4.69) is 25.9 Å². The zero-order valence-electron chi connectivity index (χ0n) is 12.6. The van der Waals surface area contributed by atoms with Crippen molar-refractivity contribution in [2.24, 2.45) is 0 Å². The van der Waals surface area contributed by atoms with Crippen molar-refractivity contribution in [3.63, 3.8) is 0 Å². The first-order chi connectivity index (χ1) is 9.76. The van der Waals surface area contributed by atoms with Gasteiger partial charge in [0, 0.05) is 19.0 Å². The predicted octanol–water partition coefficient (Wildman–Crippen LogP) is 2.94. The molecule has 1 aromatic rings. The minimum Gasteiger partial charge on any atom is -0.444 e. The predicted molar refractivity (Wildman–Crippen MR) is 83.9 cm³/mol. The molecule has 1 aliphatic rings. The Balaban J connectivity index is 1.95. The van der Waals surface area contributed by atoms with Crippen molar-refractivity contribution >= 4 is 27.8 Å². The van der Waals surface area contributed by atoms with Gasteiger partial charge < -0.3 is 15.4 Å². The molecule has 0 atom stereocenters. The Morgan fingerprint density at radius 2 is 2.05 bits per heavy atom. The molecule has 0 aliphatic carbocycles. The number of amides is 1. The number of halogens is 1. The summed E-state index contributed by atoms with van der Waals surface area (Å²) in [5.41, 5.74) is 6.06. The second-order valence-electron chi connectivity index (χ2n) is 6.21. The number of aromatic nitrogens is 2. The summed E-state index contributed by atoms with van der Waals surface area (Å²) < 4.78 is 6.08. The number of hydrogen-bond donors (Lipinski definition) is 1. The summed E-state index contributed by atoms with van der Waals surface area (Å²) in [4.78, 5) is 22.3. The van der Waals surface area contributed by atoms with E-state index in [-0.39, 0.29) is 12.0 Å². The van der Waals surface area contributed by atoms with E-state index in [4.69, 9.17) is 10.5 Å². The SMILES string of the molecule is CC(C)(C)OC(=O)N1CCC(c2ncc(N)nc2Br)CC1. The van der Waals surface area contributed by atoms with Gasteiger partial charge in [-0.25, -0.2) is 9.78 Å². The van der Waals surface area contributed by atoms with E-state index < -0.39 is 5.60 Å². The highest BCUT2D eigenvalue weighted by Crippen LogP contribution is 2.31. The molecule has 1 aliphatic heterocycles. The van der Waals surface area contributed by atoms with E-state index in [1.807, 2.05) is 20.8 Å². The van der Waals surface area contributed by atoms with Crippen molar-refractivity contribution in [3.8, 4) is 0 Å². The smallest absolute Gasteiger partial charge is 0.410 e. The van der Waals surface area contributed by atoms with Gasteiger partial charge in [-0.1, -0.05) is 0 Å². The lowest BCUT2D eigenvalue weighted by atomic mass is 9.94. The molecule has 116 valence electrons. The minimum absolute atomic E-state index is 0.247. The number of nitrogens with two attached hydrogens (primary N) is 1. The van der Waals surface area contributed by atoms with Crippen LogP contribution in [0.3, 0.4) is 0 Å². The molecular weight excluding hydrogens is 336 g/mol. The van der Waals surface area contributed by atoms with Crippen molar-refractivity contribution in [2.45, 2.75) is 45.1 Å². The number of hydrogen-bond acceptors (Lipinski definition) is 5. The van der Waals surface area contributed by atoms with Gasteiger partial charge in [-0.05, 0) is 49.5 Å². The van der Waals surface area contributed by atoms with Crippen LogP contribution in [-0.2, 0) is 4.74 Å². The molecule has 0 bridgehead atoms. The minimum atomic E-state index is -0.459. The van der Waals surface area contributed by atoms with Crippen molar-refractivity contribution in [1.29, 1.82) is 0 Å². The molecule has 0 radical (unpaired) electrons. The van der Waals surface area contributed by atoms with Crippen LogP contribution in [0.2, 0.25) is 0 Å². The number of carbonyl (C=O) groups excluding carboxylic acids is 1. The number of rotatable bonds is 1. The van der Waals surface area contributed by atoms with Gasteiger partial charge in [0.25, 0.3) is 0 Å². The van der Waals surface area contributed by atoms with Crippen LogP contribution in [-0.4, -0.2) is 39.7 Å². The largest absolute Gasteiger partial charge is 0.444 e. The number of nitrogen functional groups attached to an aromatic ring is 1. The highest BCUT2D eigenvalue weighted by Gasteiger charge is 2.29. The topological polar surface area (TPSA) is 81.3 Å². The van der Waals surface area contributed by atoms with Crippen LogP contribution in [0.15, 0.2) is 10.8 Å². The van der Waals surface area contributed by atoms with Gasteiger partial charge in [0.05, 0.1) is 11.9 Å². The zero-order chi connectivity index (χ0) is 15.6. The molecule has 6 nitrogen and oxygen atoms in total. The summed E-state index contributed by atoms with van der Waals surface area (Å²) in [6.07, 6.45) is 3.01. The maximum atomic E-state index is 12.0. The van der Waals surface area contributed by atoms with Crippen LogP contribution in [0.1, 0.15) is 45.2 Å². The fourth-order valence-corrected chi connectivity index (χ4v) is 2.96. The van der Waals surface area contributed by atoms with Crippen molar-refractivity contribution in [3.05, 3.63) is 16.5 Å².